The Morgan fingerprint density at radius 3 is 2.00 bits per heavy atom. The van der Waals surface area contributed by atoms with Crippen molar-refractivity contribution in [2.24, 2.45) is 17.6 Å². The van der Waals surface area contributed by atoms with Crippen LogP contribution in [0.3, 0.4) is 0 Å². The van der Waals surface area contributed by atoms with Crippen LogP contribution in [0.2, 0.25) is 0 Å². The molecule has 0 aromatic heterocycles. The Labute approximate surface area is 86.8 Å². The van der Waals surface area contributed by atoms with E-state index in [0.717, 1.165) is 0 Å². The van der Waals surface area contributed by atoms with Gasteiger partial charge in [0, 0.05) is 6.04 Å². The van der Waals surface area contributed by atoms with Crippen molar-refractivity contribution in [3.63, 3.8) is 0 Å². The number of hydrogen-bond acceptors (Lipinski definition) is 3. The average molecular weight is 217 g/mol. The summed E-state index contributed by atoms with van der Waals surface area (Å²) in [7, 11) is 0. The van der Waals surface area contributed by atoms with Gasteiger partial charge < -0.3 is 21.3 Å². The maximum absolute atomic E-state index is 10.9. The summed E-state index contributed by atoms with van der Waals surface area (Å²) in [6.45, 7) is 2.78. The van der Waals surface area contributed by atoms with Gasteiger partial charge in [-0.05, 0) is 6.92 Å². The molecule has 0 radical (unpaired) electrons. The van der Waals surface area contributed by atoms with Gasteiger partial charge in [-0.1, -0.05) is 6.92 Å². The summed E-state index contributed by atoms with van der Waals surface area (Å²) in [5, 5.41) is 26.9. The largest absolute Gasteiger partial charge is 0.481 e. The maximum Gasteiger partial charge on any atom is 0.309 e. The van der Waals surface area contributed by atoms with E-state index in [1.165, 1.54) is 13.8 Å². The number of rotatable bonds is 5. The predicted octanol–water partition coefficient (Wildman–Crippen LogP) is -0.721. The molecule has 0 rings (SSSR count). The van der Waals surface area contributed by atoms with Gasteiger partial charge in [-0.15, -0.1) is 0 Å². The molecule has 0 spiro atoms. The van der Waals surface area contributed by atoms with Crippen molar-refractivity contribution in [2.75, 3.05) is 0 Å². The van der Waals surface area contributed by atoms with E-state index >= 15 is 0 Å². The van der Waals surface area contributed by atoms with Crippen molar-refractivity contribution in [1.82, 2.24) is 5.32 Å². The molecule has 0 fully saturated rings. The lowest BCUT2D eigenvalue weighted by atomic mass is 9.88. The molecule has 7 heteroatoms. The summed E-state index contributed by atoms with van der Waals surface area (Å²) >= 11 is 0. The minimum absolute atomic E-state index is 0.383. The molecule has 3 unspecified atom stereocenters. The first-order valence-electron chi connectivity index (χ1n) is 4.33. The van der Waals surface area contributed by atoms with Crippen LogP contribution in [0.5, 0.6) is 0 Å². The Bertz CT molecular complexity index is 279. The predicted molar refractivity (Wildman–Crippen MR) is 52.4 cm³/mol. The van der Waals surface area contributed by atoms with Gasteiger partial charge in [-0.2, -0.15) is 0 Å². The smallest absolute Gasteiger partial charge is 0.309 e. The summed E-state index contributed by atoms with van der Waals surface area (Å²) in [6.07, 6.45) is 0. The van der Waals surface area contributed by atoms with E-state index in [2.05, 4.69) is 5.32 Å². The number of carboxylic acids is 2. The van der Waals surface area contributed by atoms with E-state index < -0.39 is 29.8 Å². The number of guanidine groups is 1. The SMILES string of the molecule is CC(NC(=N)N)C(C(=O)O)C(C)C(=O)O. The molecule has 0 amide bonds. The first-order chi connectivity index (χ1) is 6.77. The molecule has 3 atom stereocenters. The number of nitrogens with one attached hydrogen (secondary N) is 2. The van der Waals surface area contributed by atoms with Crippen LogP contribution in [0.4, 0.5) is 0 Å². The lowest BCUT2D eigenvalue weighted by Crippen LogP contribution is -2.47. The highest BCUT2D eigenvalue weighted by Gasteiger charge is 2.34. The number of carboxylic acid groups (broad SMARTS) is 2. The lowest BCUT2D eigenvalue weighted by molar-refractivity contribution is -0.153. The molecule has 6 N–H and O–H groups in total. The zero-order valence-electron chi connectivity index (χ0n) is 8.52. The zero-order chi connectivity index (χ0) is 12.2. The fraction of sp³-hybridized carbons (Fsp3) is 0.625. The van der Waals surface area contributed by atoms with Crippen LogP contribution in [0.15, 0.2) is 0 Å². The van der Waals surface area contributed by atoms with Gasteiger partial charge in [0.25, 0.3) is 0 Å². The molecule has 0 heterocycles. The van der Waals surface area contributed by atoms with Crippen LogP contribution in [-0.2, 0) is 9.59 Å². The van der Waals surface area contributed by atoms with Gasteiger partial charge in [0.05, 0.1) is 11.8 Å². The quantitative estimate of drug-likeness (QED) is 0.304. The third-order valence-corrected chi connectivity index (χ3v) is 2.14. The van der Waals surface area contributed by atoms with Gasteiger partial charge in [-0.25, -0.2) is 0 Å². The van der Waals surface area contributed by atoms with E-state index in [4.69, 9.17) is 21.4 Å². The van der Waals surface area contributed by atoms with Gasteiger partial charge in [0.2, 0.25) is 0 Å². The molecular weight excluding hydrogens is 202 g/mol. The number of carbonyl (C=O) groups is 2. The Kier molecular flexibility index (Phi) is 4.56. The molecule has 15 heavy (non-hydrogen) atoms. The van der Waals surface area contributed by atoms with E-state index in [0.29, 0.717) is 0 Å². The maximum atomic E-state index is 10.9. The minimum Gasteiger partial charge on any atom is -0.481 e. The summed E-state index contributed by atoms with van der Waals surface area (Å²) in [4.78, 5) is 21.5. The summed E-state index contributed by atoms with van der Waals surface area (Å²) in [6, 6.07) is -0.717. The van der Waals surface area contributed by atoms with Crippen LogP contribution in [0.25, 0.3) is 0 Å². The Hall–Kier alpha value is -1.79. The van der Waals surface area contributed by atoms with E-state index in [9.17, 15) is 9.59 Å². The highest BCUT2D eigenvalue weighted by Crippen LogP contribution is 2.16. The molecule has 0 aromatic carbocycles. The second kappa shape index (κ2) is 5.18. The molecule has 0 bridgehead atoms. The van der Waals surface area contributed by atoms with Crippen LogP contribution >= 0.6 is 0 Å². The van der Waals surface area contributed by atoms with Gasteiger partial charge >= 0.3 is 11.9 Å². The summed E-state index contributed by atoms with van der Waals surface area (Å²) in [5.74, 6) is -4.99. The Morgan fingerprint density at radius 2 is 1.73 bits per heavy atom. The van der Waals surface area contributed by atoms with Crippen LogP contribution in [0.1, 0.15) is 13.8 Å². The fourth-order valence-electron chi connectivity index (χ4n) is 1.35. The Balaban J connectivity index is 4.73. The monoisotopic (exact) mass is 217 g/mol. The van der Waals surface area contributed by atoms with Crippen molar-refractivity contribution >= 4 is 17.9 Å². The molecule has 0 aliphatic carbocycles. The second-order valence-electron chi connectivity index (χ2n) is 3.34. The van der Waals surface area contributed by atoms with E-state index in [1.807, 2.05) is 0 Å². The summed E-state index contributed by atoms with van der Waals surface area (Å²) < 4.78 is 0. The highest BCUT2D eigenvalue weighted by molar-refractivity contribution is 5.81. The molecule has 0 aromatic rings. The first-order valence-corrected chi connectivity index (χ1v) is 4.33. The molecule has 7 nitrogen and oxygen atoms in total. The third kappa shape index (κ3) is 3.84. The minimum atomic E-state index is -1.23. The van der Waals surface area contributed by atoms with Crippen molar-refractivity contribution in [3.8, 4) is 0 Å². The highest BCUT2D eigenvalue weighted by atomic mass is 16.4. The average Bonchev–Trinajstić information content (AvgIpc) is 2.01. The standard InChI is InChI=1S/C8H15N3O4/c1-3(6(12)13)5(7(14)15)4(2)11-8(9)10/h3-5H,1-2H3,(H,12,13)(H,14,15)(H4,9,10,11). The van der Waals surface area contributed by atoms with E-state index in [1.54, 1.807) is 0 Å². The topological polar surface area (TPSA) is 136 Å². The van der Waals surface area contributed by atoms with Gasteiger partial charge in [0.1, 0.15) is 0 Å². The van der Waals surface area contributed by atoms with Crippen LogP contribution in [-0.4, -0.2) is 34.2 Å². The van der Waals surface area contributed by atoms with E-state index in [-0.39, 0.29) is 5.96 Å². The molecule has 0 saturated carbocycles. The Morgan fingerprint density at radius 1 is 1.27 bits per heavy atom. The molecule has 86 valence electrons. The lowest BCUT2D eigenvalue weighted by Gasteiger charge is -2.24. The van der Waals surface area contributed by atoms with Crippen LogP contribution < -0.4 is 11.1 Å². The zero-order valence-corrected chi connectivity index (χ0v) is 8.52. The fourth-order valence-corrected chi connectivity index (χ4v) is 1.35. The second-order valence-corrected chi connectivity index (χ2v) is 3.34. The van der Waals surface area contributed by atoms with Crippen molar-refractivity contribution in [1.29, 1.82) is 5.41 Å². The van der Waals surface area contributed by atoms with Crippen molar-refractivity contribution in [3.05, 3.63) is 0 Å². The van der Waals surface area contributed by atoms with Gasteiger partial charge in [-0.3, -0.25) is 15.0 Å². The molecule has 0 aliphatic heterocycles. The third-order valence-electron chi connectivity index (χ3n) is 2.14. The summed E-state index contributed by atoms with van der Waals surface area (Å²) in [5.41, 5.74) is 5.04. The van der Waals surface area contributed by atoms with Gasteiger partial charge in [0.15, 0.2) is 5.96 Å². The van der Waals surface area contributed by atoms with Crippen LogP contribution in [0, 0.1) is 17.2 Å². The number of aliphatic carboxylic acids is 2. The number of hydrogen-bond donors (Lipinski definition) is 5. The van der Waals surface area contributed by atoms with Crippen molar-refractivity contribution < 1.29 is 19.8 Å². The normalized spacial score (nSPS) is 16.1. The molecule has 0 aliphatic rings. The first kappa shape index (κ1) is 13.2. The molecular formula is C8H15N3O4. The molecule has 0 saturated heterocycles. The van der Waals surface area contributed by atoms with Crippen molar-refractivity contribution in [2.45, 2.75) is 19.9 Å². The number of nitrogens with two attached hydrogens (primary N) is 1.